The maximum Gasteiger partial charge on any atom is 0.241 e. The van der Waals surface area contributed by atoms with Crippen LogP contribution < -0.4 is 10.1 Å². The van der Waals surface area contributed by atoms with Crippen LogP contribution in [0.3, 0.4) is 0 Å². The summed E-state index contributed by atoms with van der Waals surface area (Å²) in [5, 5.41) is 11.9. The van der Waals surface area contributed by atoms with Gasteiger partial charge in [-0.3, -0.25) is 4.68 Å². The molecule has 1 N–H and O–H groups in total. The molecule has 1 saturated carbocycles. The number of fused-ring (bicyclic) bond motifs is 1. The van der Waals surface area contributed by atoms with Crippen molar-refractivity contribution in [2.24, 2.45) is 12.0 Å². The number of aromatic nitrogens is 5. The predicted molar refractivity (Wildman–Crippen MR) is 122 cm³/mol. The summed E-state index contributed by atoms with van der Waals surface area (Å²) in [6.45, 7) is 4.42. The molecule has 0 saturated heterocycles. The summed E-state index contributed by atoms with van der Waals surface area (Å²) in [6.07, 6.45) is 4.96. The van der Waals surface area contributed by atoms with Crippen molar-refractivity contribution in [3.8, 4) is 17.1 Å². The van der Waals surface area contributed by atoms with Crippen LogP contribution in [-0.4, -0.2) is 50.7 Å². The van der Waals surface area contributed by atoms with Gasteiger partial charge in [-0.05, 0) is 25.7 Å². The molecule has 0 unspecified atom stereocenters. The Morgan fingerprint density at radius 3 is 2.71 bits per heavy atom. The summed E-state index contributed by atoms with van der Waals surface area (Å²) >= 11 is 0. The van der Waals surface area contributed by atoms with Crippen LogP contribution in [0.25, 0.3) is 11.3 Å². The number of halogens is 1. The van der Waals surface area contributed by atoms with Crippen molar-refractivity contribution in [3.63, 3.8) is 0 Å². The van der Waals surface area contributed by atoms with E-state index in [1.807, 2.05) is 0 Å². The summed E-state index contributed by atoms with van der Waals surface area (Å²) in [7, 11) is 3.21. The Morgan fingerprint density at radius 2 is 2.03 bits per heavy atom. The zero-order valence-corrected chi connectivity index (χ0v) is 19.7. The average Bonchev–Trinajstić information content (AvgIpc) is 3.45. The Labute approximate surface area is 196 Å². The smallest absolute Gasteiger partial charge is 0.241 e. The first-order valence-electron chi connectivity index (χ1n) is 11.5. The van der Waals surface area contributed by atoms with E-state index in [2.05, 4.69) is 44.4 Å². The minimum atomic E-state index is -0.440. The third-order valence-electron chi connectivity index (χ3n) is 6.30. The highest BCUT2D eigenvalue weighted by Crippen LogP contribution is 2.37. The maximum absolute atomic E-state index is 14.8. The highest BCUT2D eigenvalue weighted by Gasteiger charge is 2.32. The molecule has 0 spiro atoms. The number of aryl methyl sites for hydroxylation is 1. The van der Waals surface area contributed by atoms with Crippen molar-refractivity contribution in [3.05, 3.63) is 35.5 Å². The van der Waals surface area contributed by atoms with Crippen molar-refractivity contribution in [2.75, 3.05) is 19.1 Å². The monoisotopic (exact) mass is 469 g/mol. The molecule has 0 radical (unpaired) electrons. The van der Waals surface area contributed by atoms with Crippen LogP contribution in [0.5, 0.6) is 5.88 Å². The van der Waals surface area contributed by atoms with Gasteiger partial charge in [0.05, 0.1) is 24.1 Å². The molecule has 0 atom stereocenters. The summed E-state index contributed by atoms with van der Waals surface area (Å²) in [5.41, 5.74) is 2.16. The highest BCUT2D eigenvalue weighted by atomic mass is 19.1. The number of methoxy groups -OCH3 is 1. The van der Waals surface area contributed by atoms with E-state index in [1.54, 1.807) is 11.7 Å². The number of pyridine rings is 1. The van der Waals surface area contributed by atoms with Gasteiger partial charge >= 0.3 is 0 Å². The molecular weight excluding hydrogens is 441 g/mol. The fourth-order valence-electron chi connectivity index (χ4n) is 4.44. The zero-order valence-electron chi connectivity index (χ0n) is 19.7. The normalized spacial score (nSPS) is 20.0. The number of rotatable bonds is 5. The Bertz CT molecular complexity index is 1210. The lowest BCUT2D eigenvalue weighted by molar-refractivity contribution is 0.128. The van der Waals surface area contributed by atoms with Crippen LogP contribution in [0.4, 0.5) is 10.1 Å². The number of ether oxygens (including phenoxy) is 2. The molecule has 1 fully saturated rings. The first-order valence-corrected chi connectivity index (χ1v) is 11.5. The van der Waals surface area contributed by atoms with Crippen molar-refractivity contribution in [1.82, 2.24) is 24.9 Å². The number of anilines is 1. The molecule has 0 aromatic carbocycles. The van der Waals surface area contributed by atoms with E-state index in [-0.39, 0.29) is 23.8 Å². The summed E-state index contributed by atoms with van der Waals surface area (Å²) in [4.78, 5) is 13.2. The Hall–Kier alpha value is -3.50. The summed E-state index contributed by atoms with van der Waals surface area (Å²) < 4.78 is 33.2. The van der Waals surface area contributed by atoms with Crippen LogP contribution in [0, 0.1) is 5.82 Å². The molecule has 2 aliphatic rings. The minimum absolute atomic E-state index is 0.0123. The van der Waals surface area contributed by atoms with Gasteiger partial charge in [-0.15, -0.1) is 0 Å². The van der Waals surface area contributed by atoms with E-state index in [0.29, 0.717) is 41.1 Å². The van der Waals surface area contributed by atoms with Crippen LogP contribution in [0.15, 0.2) is 21.8 Å². The molecule has 5 rings (SSSR count). The third-order valence-corrected chi connectivity index (χ3v) is 6.30. The van der Waals surface area contributed by atoms with Gasteiger partial charge in [-0.1, -0.05) is 19.0 Å². The molecule has 34 heavy (non-hydrogen) atoms. The number of hydrogen-bond donors (Lipinski definition) is 1. The van der Waals surface area contributed by atoms with Gasteiger partial charge in [0, 0.05) is 31.1 Å². The van der Waals surface area contributed by atoms with Crippen molar-refractivity contribution in [1.29, 1.82) is 0 Å². The lowest BCUT2D eigenvalue weighted by Gasteiger charge is -2.28. The van der Waals surface area contributed by atoms with Gasteiger partial charge in [0.25, 0.3) is 0 Å². The van der Waals surface area contributed by atoms with Crippen molar-refractivity contribution < 1.29 is 18.4 Å². The molecule has 1 aliphatic heterocycles. The number of aliphatic imine (C=N–C) groups is 1. The Kier molecular flexibility index (Phi) is 5.93. The average molecular weight is 470 g/mol. The lowest BCUT2D eigenvalue weighted by atomic mass is 9.87. The SMILES string of the molecule is COc1cc(F)c(-c2c3c(nn2C)C(OC2CCC(c4nc(C(C)C)no4)CC2)=NCN3)cn1. The Morgan fingerprint density at radius 1 is 1.24 bits per heavy atom. The summed E-state index contributed by atoms with van der Waals surface area (Å²) in [5.74, 6) is 2.21. The van der Waals surface area contributed by atoms with Gasteiger partial charge < -0.3 is 19.3 Å². The maximum atomic E-state index is 14.8. The van der Waals surface area contributed by atoms with E-state index >= 15 is 0 Å². The van der Waals surface area contributed by atoms with E-state index in [1.165, 1.54) is 19.4 Å². The highest BCUT2D eigenvalue weighted by molar-refractivity contribution is 6.02. The first kappa shape index (κ1) is 22.3. The number of nitrogens with zero attached hydrogens (tertiary/aromatic N) is 6. The molecule has 3 aromatic heterocycles. The number of nitrogens with one attached hydrogen (secondary N) is 1. The summed E-state index contributed by atoms with van der Waals surface area (Å²) in [6, 6.07) is 1.26. The van der Waals surface area contributed by atoms with Crippen LogP contribution in [0.2, 0.25) is 0 Å². The molecule has 0 bridgehead atoms. The molecular formula is C23H28FN7O3. The zero-order chi connectivity index (χ0) is 23.8. The molecule has 4 heterocycles. The van der Waals surface area contributed by atoms with Gasteiger partial charge in [-0.2, -0.15) is 10.1 Å². The third kappa shape index (κ3) is 4.10. The lowest BCUT2D eigenvalue weighted by Crippen LogP contribution is -2.27. The van der Waals surface area contributed by atoms with Gasteiger partial charge in [0.15, 0.2) is 11.5 Å². The predicted octanol–water partition coefficient (Wildman–Crippen LogP) is 4.01. The van der Waals surface area contributed by atoms with Gasteiger partial charge in [-0.25, -0.2) is 14.4 Å². The van der Waals surface area contributed by atoms with E-state index < -0.39 is 5.82 Å². The largest absolute Gasteiger partial charge is 0.481 e. The standard InChI is InChI=1S/C23H28FN7O3/c1-12(2)21-28-22(34-30-21)13-5-7-14(8-6-13)33-23-19-18(26-11-27-23)20(31(3)29-19)15-10-25-17(32-4)9-16(15)24/h9-10,12-14,26H,5-8,11H2,1-4H3. The Balaban J connectivity index is 1.30. The molecule has 1 aliphatic carbocycles. The fraction of sp³-hybridized carbons (Fsp3) is 0.522. The molecule has 0 amide bonds. The molecule has 180 valence electrons. The molecule has 3 aromatic rings. The molecule has 10 nitrogen and oxygen atoms in total. The second-order valence-corrected chi connectivity index (χ2v) is 8.94. The first-order chi connectivity index (χ1) is 16.4. The van der Waals surface area contributed by atoms with Crippen molar-refractivity contribution in [2.45, 2.75) is 57.5 Å². The second-order valence-electron chi connectivity index (χ2n) is 8.94. The van der Waals surface area contributed by atoms with E-state index in [0.717, 1.165) is 31.5 Å². The fourth-order valence-corrected chi connectivity index (χ4v) is 4.44. The van der Waals surface area contributed by atoms with Crippen LogP contribution >= 0.6 is 0 Å². The van der Waals surface area contributed by atoms with Crippen LogP contribution in [-0.2, 0) is 11.8 Å². The van der Waals surface area contributed by atoms with Gasteiger partial charge in [0.1, 0.15) is 18.6 Å². The van der Waals surface area contributed by atoms with Crippen molar-refractivity contribution >= 4 is 11.6 Å². The topological polar surface area (TPSA) is 112 Å². The second kappa shape index (κ2) is 9.03. The van der Waals surface area contributed by atoms with E-state index in [4.69, 9.17) is 14.0 Å². The number of hydrogen-bond acceptors (Lipinski definition) is 9. The van der Waals surface area contributed by atoms with E-state index in [9.17, 15) is 4.39 Å². The molecule has 11 heteroatoms. The van der Waals surface area contributed by atoms with Crippen LogP contribution in [0.1, 0.15) is 68.8 Å². The minimum Gasteiger partial charge on any atom is -0.481 e. The quantitative estimate of drug-likeness (QED) is 0.596. The van der Waals surface area contributed by atoms with Gasteiger partial charge in [0.2, 0.25) is 17.7 Å².